The second-order valence-electron chi connectivity index (χ2n) is 8.05. The lowest BCUT2D eigenvalue weighted by Crippen LogP contribution is -2.52. The number of anilines is 1. The fourth-order valence-corrected chi connectivity index (χ4v) is 4.17. The number of rotatable bonds is 7. The standard InChI is InChI=1S/C24H30N6O3/c1-3-17-6-8-18(9-7-17)21-20(22(31)33-4-2)19(27-24(32)28-21)16-29-12-14-30(15-13-29)23-25-10-5-11-26-23/h5-11,21H,3-4,12-16H2,1-2H3,(H2,27,28,32)/t21-/m0/s1. The highest BCUT2D eigenvalue weighted by Crippen LogP contribution is 2.29. The van der Waals surface area contributed by atoms with Crippen LogP contribution >= 0.6 is 0 Å². The van der Waals surface area contributed by atoms with Gasteiger partial charge in [-0.15, -0.1) is 0 Å². The van der Waals surface area contributed by atoms with Crippen LogP contribution in [0, 0.1) is 0 Å². The molecule has 1 aromatic heterocycles. The quantitative estimate of drug-likeness (QED) is 0.623. The van der Waals surface area contributed by atoms with Gasteiger partial charge in [0.05, 0.1) is 18.2 Å². The van der Waals surface area contributed by atoms with Crippen molar-refractivity contribution < 1.29 is 14.3 Å². The number of carbonyl (C=O) groups excluding carboxylic acids is 2. The molecule has 1 fully saturated rings. The van der Waals surface area contributed by atoms with E-state index >= 15 is 0 Å². The SMILES string of the molecule is CCOC(=O)C1=C(CN2CCN(c3ncccn3)CC2)NC(=O)N[C@H]1c1ccc(CC)cc1. The maximum Gasteiger partial charge on any atom is 0.338 e. The second kappa shape index (κ2) is 10.4. The summed E-state index contributed by atoms with van der Waals surface area (Å²) < 4.78 is 5.38. The third-order valence-corrected chi connectivity index (χ3v) is 5.96. The van der Waals surface area contributed by atoms with Gasteiger partial charge in [0.2, 0.25) is 5.95 Å². The van der Waals surface area contributed by atoms with Crippen molar-refractivity contribution in [2.24, 2.45) is 0 Å². The Morgan fingerprint density at radius 1 is 1.09 bits per heavy atom. The Morgan fingerprint density at radius 2 is 1.79 bits per heavy atom. The van der Waals surface area contributed by atoms with Gasteiger partial charge in [0.1, 0.15) is 0 Å². The summed E-state index contributed by atoms with van der Waals surface area (Å²) >= 11 is 0. The number of esters is 1. The molecule has 2 amide bonds. The molecular weight excluding hydrogens is 420 g/mol. The molecule has 0 unspecified atom stereocenters. The van der Waals surface area contributed by atoms with E-state index in [0.717, 1.165) is 38.2 Å². The van der Waals surface area contributed by atoms with Crippen LogP contribution in [0.2, 0.25) is 0 Å². The molecular formula is C24H30N6O3. The highest BCUT2D eigenvalue weighted by molar-refractivity contribution is 5.95. The Morgan fingerprint density at radius 3 is 2.42 bits per heavy atom. The summed E-state index contributed by atoms with van der Waals surface area (Å²) in [6.45, 7) is 7.64. The second-order valence-corrected chi connectivity index (χ2v) is 8.05. The van der Waals surface area contributed by atoms with E-state index in [0.29, 0.717) is 23.8 Å². The van der Waals surface area contributed by atoms with E-state index in [9.17, 15) is 9.59 Å². The van der Waals surface area contributed by atoms with E-state index in [1.54, 1.807) is 25.4 Å². The highest BCUT2D eigenvalue weighted by atomic mass is 16.5. The molecule has 174 valence electrons. The number of aryl methyl sites for hydroxylation is 1. The predicted molar refractivity (Wildman–Crippen MR) is 125 cm³/mol. The molecule has 2 aromatic rings. The minimum Gasteiger partial charge on any atom is -0.463 e. The molecule has 0 aliphatic carbocycles. The number of nitrogens with one attached hydrogen (secondary N) is 2. The van der Waals surface area contributed by atoms with Gasteiger partial charge in [-0.25, -0.2) is 19.6 Å². The summed E-state index contributed by atoms with van der Waals surface area (Å²) in [6, 6.07) is 8.90. The first-order valence-electron chi connectivity index (χ1n) is 11.4. The first-order chi connectivity index (χ1) is 16.1. The van der Waals surface area contributed by atoms with E-state index in [-0.39, 0.29) is 12.6 Å². The maximum atomic E-state index is 13.0. The molecule has 2 aliphatic rings. The van der Waals surface area contributed by atoms with Crippen LogP contribution in [-0.4, -0.2) is 66.2 Å². The molecule has 3 heterocycles. The monoisotopic (exact) mass is 450 g/mol. The number of hydrogen-bond donors (Lipinski definition) is 2. The highest BCUT2D eigenvalue weighted by Gasteiger charge is 2.34. The van der Waals surface area contributed by atoms with Crippen molar-refractivity contribution in [3.8, 4) is 0 Å². The van der Waals surface area contributed by atoms with Crippen LogP contribution in [0.25, 0.3) is 0 Å². The molecule has 4 rings (SSSR count). The molecule has 1 aromatic carbocycles. The summed E-state index contributed by atoms with van der Waals surface area (Å²) in [5.74, 6) is 0.301. The smallest absolute Gasteiger partial charge is 0.338 e. The summed E-state index contributed by atoms with van der Waals surface area (Å²) in [5, 5.41) is 5.77. The van der Waals surface area contributed by atoms with Crippen LogP contribution in [0.3, 0.4) is 0 Å². The van der Waals surface area contributed by atoms with Crippen molar-refractivity contribution in [3.05, 3.63) is 65.1 Å². The molecule has 0 saturated carbocycles. The first kappa shape index (κ1) is 22.7. The third kappa shape index (κ3) is 5.31. The number of amides is 2. The van der Waals surface area contributed by atoms with Crippen LogP contribution in [-0.2, 0) is 16.0 Å². The van der Waals surface area contributed by atoms with Crippen LogP contribution in [0.4, 0.5) is 10.7 Å². The van der Waals surface area contributed by atoms with E-state index in [1.807, 2.05) is 24.3 Å². The normalized spacial score (nSPS) is 19.2. The lowest BCUT2D eigenvalue weighted by Gasteiger charge is -2.37. The van der Waals surface area contributed by atoms with Gasteiger partial charge in [-0.2, -0.15) is 0 Å². The number of benzene rings is 1. The zero-order valence-corrected chi connectivity index (χ0v) is 19.1. The van der Waals surface area contributed by atoms with Crippen molar-refractivity contribution in [3.63, 3.8) is 0 Å². The molecule has 1 saturated heterocycles. The Kier molecular flexibility index (Phi) is 7.19. The van der Waals surface area contributed by atoms with Gasteiger partial charge in [0, 0.05) is 50.8 Å². The fourth-order valence-electron chi connectivity index (χ4n) is 4.17. The lowest BCUT2D eigenvalue weighted by atomic mass is 9.94. The fraction of sp³-hybridized carbons (Fsp3) is 0.417. The van der Waals surface area contributed by atoms with E-state index in [4.69, 9.17) is 4.74 Å². The van der Waals surface area contributed by atoms with Crippen LogP contribution in [0.1, 0.15) is 31.0 Å². The topological polar surface area (TPSA) is 99.7 Å². The average Bonchev–Trinajstić information content (AvgIpc) is 2.85. The Hall–Kier alpha value is -3.46. The summed E-state index contributed by atoms with van der Waals surface area (Å²) in [6.07, 6.45) is 4.40. The van der Waals surface area contributed by atoms with E-state index in [1.165, 1.54) is 5.56 Å². The van der Waals surface area contributed by atoms with Crippen LogP contribution in [0.15, 0.2) is 54.0 Å². The molecule has 1 atom stereocenters. The number of ether oxygens (including phenoxy) is 1. The van der Waals surface area contributed by atoms with E-state index < -0.39 is 12.0 Å². The number of aromatic nitrogens is 2. The van der Waals surface area contributed by atoms with Gasteiger partial charge in [-0.3, -0.25) is 4.90 Å². The van der Waals surface area contributed by atoms with Crippen molar-refractivity contribution in [2.75, 3.05) is 44.2 Å². The summed E-state index contributed by atoms with van der Waals surface area (Å²) in [4.78, 5) is 38.5. The summed E-state index contributed by atoms with van der Waals surface area (Å²) in [7, 11) is 0. The largest absolute Gasteiger partial charge is 0.463 e. The molecule has 33 heavy (non-hydrogen) atoms. The van der Waals surface area contributed by atoms with Gasteiger partial charge in [-0.1, -0.05) is 31.2 Å². The summed E-state index contributed by atoms with van der Waals surface area (Å²) in [5.41, 5.74) is 3.09. The Labute approximate surface area is 193 Å². The van der Waals surface area contributed by atoms with E-state index in [2.05, 4.69) is 37.3 Å². The average molecular weight is 451 g/mol. The van der Waals surface area contributed by atoms with Crippen molar-refractivity contribution in [1.29, 1.82) is 0 Å². The lowest BCUT2D eigenvalue weighted by molar-refractivity contribution is -0.139. The molecule has 0 radical (unpaired) electrons. The molecule has 0 bridgehead atoms. The predicted octanol–water partition coefficient (Wildman–Crippen LogP) is 2.03. The first-order valence-corrected chi connectivity index (χ1v) is 11.4. The number of piperazine rings is 1. The maximum absolute atomic E-state index is 13.0. The number of hydrogen-bond acceptors (Lipinski definition) is 7. The zero-order chi connectivity index (χ0) is 23.2. The molecule has 2 N–H and O–H groups in total. The molecule has 9 heteroatoms. The van der Waals surface area contributed by atoms with Gasteiger partial charge >= 0.3 is 12.0 Å². The van der Waals surface area contributed by atoms with Crippen LogP contribution in [0.5, 0.6) is 0 Å². The number of nitrogens with zero attached hydrogens (tertiary/aromatic N) is 4. The molecule has 9 nitrogen and oxygen atoms in total. The van der Waals surface area contributed by atoms with Crippen LogP contribution < -0.4 is 15.5 Å². The van der Waals surface area contributed by atoms with Gasteiger partial charge in [0.15, 0.2) is 0 Å². The number of carbonyl (C=O) groups is 2. The van der Waals surface area contributed by atoms with Gasteiger partial charge < -0.3 is 20.3 Å². The van der Waals surface area contributed by atoms with Crippen molar-refractivity contribution in [2.45, 2.75) is 26.3 Å². The number of urea groups is 1. The zero-order valence-electron chi connectivity index (χ0n) is 19.1. The minimum absolute atomic E-state index is 0.265. The minimum atomic E-state index is -0.558. The van der Waals surface area contributed by atoms with Gasteiger partial charge in [0.25, 0.3) is 0 Å². The molecule has 0 spiro atoms. The Bertz CT molecular complexity index is 1000. The third-order valence-electron chi connectivity index (χ3n) is 5.96. The van der Waals surface area contributed by atoms with Gasteiger partial charge in [-0.05, 0) is 30.5 Å². The molecule has 2 aliphatic heterocycles. The van der Waals surface area contributed by atoms with Crippen molar-refractivity contribution >= 4 is 17.9 Å². The van der Waals surface area contributed by atoms with Crippen molar-refractivity contribution in [1.82, 2.24) is 25.5 Å². The Balaban J connectivity index is 1.56.